The Bertz CT molecular complexity index is 727. The molecule has 1 saturated heterocycles. The zero-order chi connectivity index (χ0) is 16.9. The third kappa shape index (κ3) is 4.34. The lowest BCUT2D eigenvalue weighted by molar-refractivity contribution is -0.917. The monoisotopic (exact) mass is 341 g/mol. The highest BCUT2D eigenvalue weighted by molar-refractivity contribution is 7.12. The van der Waals surface area contributed by atoms with Gasteiger partial charge in [0.2, 0.25) is 5.91 Å². The van der Waals surface area contributed by atoms with Crippen LogP contribution in [-0.2, 0) is 11.3 Å². The second-order valence-electron chi connectivity index (χ2n) is 6.46. The van der Waals surface area contributed by atoms with E-state index in [1.54, 1.807) is 22.3 Å². The number of nitrogens with zero attached hydrogens (tertiary/aromatic N) is 1. The smallest absolute Gasteiger partial charge is 0.247 e. The number of thiophene rings is 1. The van der Waals surface area contributed by atoms with Crippen molar-refractivity contribution in [2.24, 2.45) is 0 Å². The van der Waals surface area contributed by atoms with Crippen LogP contribution in [0.3, 0.4) is 0 Å². The fourth-order valence-electron chi connectivity index (χ4n) is 3.10. The van der Waals surface area contributed by atoms with Crippen molar-refractivity contribution in [2.45, 2.75) is 20.4 Å². The van der Waals surface area contributed by atoms with Crippen LogP contribution >= 0.6 is 11.3 Å². The molecule has 4 heteroatoms. The molecular weight excluding hydrogens is 316 g/mol. The molecule has 0 radical (unpaired) electrons. The van der Waals surface area contributed by atoms with Gasteiger partial charge in [-0.3, -0.25) is 4.79 Å². The maximum Gasteiger partial charge on any atom is 0.247 e. The van der Waals surface area contributed by atoms with Gasteiger partial charge in [0.15, 0.2) is 0 Å². The Morgan fingerprint density at radius 3 is 2.58 bits per heavy atom. The molecule has 1 aromatic carbocycles. The highest BCUT2D eigenvalue weighted by Crippen LogP contribution is 2.16. The van der Waals surface area contributed by atoms with E-state index >= 15 is 0 Å². The van der Waals surface area contributed by atoms with Crippen molar-refractivity contribution in [1.29, 1.82) is 0 Å². The maximum atomic E-state index is 12.3. The van der Waals surface area contributed by atoms with E-state index in [9.17, 15) is 4.79 Å². The van der Waals surface area contributed by atoms with E-state index in [1.165, 1.54) is 16.0 Å². The van der Waals surface area contributed by atoms with Gasteiger partial charge in [0.05, 0.1) is 26.2 Å². The van der Waals surface area contributed by atoms with Crippen LogP contribution in [0.1, 0.15) is 20.9 Å². The molecule has 1 aliphatic heterocycles. The Morgan fingerprint density at radius 2 is 1.92 bits per heavy atom. The average molecular weight is 342 g/mol. The van der Waals surface area contributed by atoms with Gasteiger partial charge in [-0.1, -0.05) is 24.3 Å². The number of amides is 1. The van der Waals surface area contributed by atoms with Gasteiger partial charge < -0.3 is 9.80 Å². The van der Waals surface area contributed by atoms with Gasteiger partial charge >= 0.3 is 0 Å². The van der Waals surface area contributed by atoms with E-state index in [-0.39, 0.29) is 5.91 Å². The molecule has 126 valence electrons. The molecule has 24 heavy (non-hydrogen) atoms. The molecule has 1 N–H and O–H groups in total. The first-order chi connectivity index (χ1) is 11.6. The molecule has 1 fully saturated rings. The fraction of sp³-hybridized carbons (Fsp3) is 0.350. The highest BCUT2D eigenvalue weighted by Gasteiger charge is 2.22. The summed E-state index contributed by atoms with van der Waals surface area (Å²) in [5.74, 6) is 0.135. The Balaban J connectivity index is 1.50. The molecule has 2 heterocycles. The topological polar surface area (TPSA) is 24.8 Å². The first-order valence-electron chi connectivity index (χ1n) is 8.53. The van der Waals surface area contributed by atoms with Crippen LogP contribution in [0.5, 0.6) is 0 Å². The predicted octanol–water partition coefficient (Wildman–Crippen LogP) is 2.31. The van der Waals surface area contributed by atoms with Crippen molar-refractivity contribution in [3.8, 4) is 0 Å². The number of benzene rings is 1. The molecule has 0 saturated carbocycles. The quantitative estimate of drug-likeness (QED) is 0.848. The van der Waals surface area contributed by atoms with Gasteiger partial charge in [0.1, 0.15) is 6.54 Å². The Labute approximate surface area is 148 Å². The van der Waals surface area contributed by atoms with Gasteiger partial charge in [-0.15, -0.1) is 11.3 Å². The molecule has 0 unspecified atom stereocenters. The van der Waals surface area contributed by atoms with Gasteiger partial charge in [0, 0.05) is 21.4 Å². The number of hydrogen-bond acceptors (Lipinski definition) is 2. The molecule has 0 aliphatic carbocycles. The van der Waals surface area contributed by atoms with Crippen LogP contribution < -0.4 is 4.90 Å². The summed E-state index contributed by atoms with van der Waals surface area (Å²) in [6, 6.07) is 12.7. The number of hydrogen-bond donors (Lipinski definition) is 1. The molecule has 2 aromatic rings. The standard InChI is InChI=1S/C20H24N2OS/c1-16-5-3-4-6-18(16)15-21-11-13-22(14-12-21)20(23)10-9-19-8-7-17(2)24-19/h3-10H,11-15H2,1-2H3/p+1/b10-9+. The van der Waals surface area contributed by atoms with Gasteiger partial charge in [-0.2, -0.15) is 0 Å². The van der Waals surface area contributed by atoms with E-state index in [2.05, 4.69) is 50.2 Å². The fourth-order valence-corrected chi connectivity index (χ4v) is 3.88. The summed E-state index contributed by atoms with van der Waals surface area (Å²) >= 11 is 1.72. The second kappa shape index (κ2) is 7.77. The number of carbonyl (C=O) groups excluding carboxylic acids is 1. The molecule has 3 nitrogen and oxygen atoms in total. The minimum atomic E-state index is 0.135. The SMILES string of the molecule is Cc1ccc(/C=C/C(=O)N2CC[NH+](Cc3ccccc3C)CC2)s1. The van der Waals surface area contributed by atoms with E-state index < -0.39 is 0 Å². The van der Waals surface area contributed by atoms with Crippen molar-refractivity contribution < 1.29 is 9.69 Å². The summed E-state index contributed by atoms with van der Waals surface area (Å²) < 4.78 is 0. The number of nitrogens with one attached hydrogen (secondary N) is 1. The van der Waals surface area contributed by atoms with E-state index in [4.69, 9.17) is 0 Å². The van der Waals surface area contributed by atoms with Crippen molar-refractivity contribution in [3.63, 3.8) is 0 Å². The normalized spacial score (nSPS) is 16.0. The lowest BCUT2D eigenvalue weighted by atomic mass is 10.1. The van der Waals surface area contributed by atoms with Gasteiger partial charge in [-0.05, 0) is 37.6 Å². The number of quaternary nitrogens is 1. The minimum Gasteiger partial charge on any atom is -0.328 e. The molecular formula is C20H25N2OS+. The lowest BCUT2D eigenvalue weighted by Crippen LogP contribution is -3.13. The Morgan fingerprint density at radius 1 is 1.17 bits per heavy atom. The van der Waals surface area contributed by atoms with Crippen LogP contribution in [-0.4, -0.2) is 37.0 Å². The van der Waals surface area contributed by atoms with Crippen molar-refractivity contribution in [2.75, 3.05) is 26.2 Å². The van der Waals surface area contributed by atoms with Crippen molar-refractivity contribution >= 4 is 23.3 Å². The molecule has 0 bridgehead atoms. The van der Waals surface area contributed by atoms with Crippen LogP contribution in [0.25, 0.3) is 6.08 Å². The van der Waals surface area contributed by atoms with Crippen LogP contribution in [0.2, 0.25) is 0 Å². The number of aryl methyl sites for hydroxylation is 2. The predicted molar refractivity (Wildman–Crippen MR) is 100 cm³/mol. The number of rotatable bonds is 4. The summed E-state index contributed by atoms with van der Waals surface area (Å²) in [6.45, 7) is 9.03. The van der Waals surface area contributed by atoms with Gasteiger partial charge in [-0.25, -0.2) is 0 Å². The number of piperazine rings is 1. The Kier molecular flexibility index (Phi) is 5.48. The van der Waals surface area contributed by atoms with Gasteiger partial charge in [0.25, 0.3) is 0 Å². The largest absolute Gasteiger partial charge is 0.328 e. The molecule has 0 spiro atoms. The first-order valence-corrected chi connectivity index (χ1v) is 9.35. The number of carbonyl (C=O) groups is 1. The second-order valence-corrected chi connectivity index (χ2v) is 7.78. The molecule has 1 aliphatic rings. The van der Waals surface area contributed by atoms with Crippen molar-refractivity contribution in [3.05, 3.63) is 63.4 Å². The van der Waals surface area contributed by atoms with E-state index in [0.717, 1.165) is 37.6 Å². The molecule has 1 aromatic heterocycles. The highest BCUT2D eigenvalue weighted by atomic mass is 32.1. The summed E-state index contributed by atoms with van der Waals surface area (Å²) in [4.78, 5) is 18.3. The van der Waals surface area contributed by atoms with Crippen molar-refractivity contribution in [1.82, 2.24) is 4.90 Å². The molecule has 3 rings (SSSR count). The average Bonchev–Trinajstić information content (AvgIpc) is 3.01. The summed E-state index contributed by atoms with van der Waals surface area (Å²) in [5.41, 5.74) is 2.78. The summed E-state index contributed by atoms with van der Waals surface area (Å²) in [7, 11) is 0. The zero-order valence-electron chi connectivity index (χ0n) is 14.4. The molecule has 1 amide bonds. The van der Waals surface area contributed by atoms with Crippen LogP contribution in [0.15, 0.2) is 42.5 Å². The molecule has 0 atom stereocenters. The maximum absolute atomic E-state index is 12.3. The third-order valence-electron chi connectivity index (χ3n) is 4.64. The first kappa shape index (κ1) is 16.9. The van der Waals surface area contributed by atoms with Crippen LogP contribution in [0, 0.1) is 13.8 Å². The zero-order valence-corrected chi connectivity index (χ0v) is 15.2. The van der Waals surface area contributed by atoms with Crippen LogP contribution in [0.4, 0.5) is 0 Å². The van der Waals surface area contributed by atoms with E-state index in [1.807, 2.05) is 11.0 Å². The Hall–Kier alpha value is -1.91. The summed E-state index contributed by atoms with van der Waals surface area (Å²) in [6.07, 6.45) is 3.66. The van der Waals surface area contributed by atoms with E-state index in [0.29, 0.717) is 0 Å². The summed E-state index contributed by atoms with van der Waals surface area (Å²) in [5, 5.41) is 0. The minimum absolute atomic E-state index is 0.135. The lowest BCUT2D eigenvalue weighted by Gasteiger charge is -2.32. The third-order valence-corrected chi connectivity index (χ3v) is 5.60.